The highest BCUT2D eigenvalue weighted by molar-refractivity contribution is 9.10. The van der Waals surface area contributed by atoms with E-state index in [4.69, 9.17) is 9.47 Å². The molecule has 1 heterocycles. The third kappa shape index (κ3) is 1.54. The average molecular weight is 243 g/mol. The molecule has 0 bridgehead atoms. The normalized spacial score (nSPS) is 18.8. The van der Waals surface area contributed by atoms with Gasteiger partial charge in [0, 0.05) is 11.4 Å². The Labute approximate surface area is 83.8 Å². The standard InChI is InChI=1S/C9H7BrO3/c1-5(11)9-12-7-3-2-6(10)4-8(7)13-9/h2-4,9H,1H3. The Morgan fingerprint density at radius 1 is 1.38 bits per heavy atom. The molecule has 4 heteroatoms. The van der Waals surface area contributed by atoms with Gasteiger partial charge in [0.25, 0.3) is 0 Å². The summed E-state index contributed by atoms with van der Waals surface area (Å²) in [6, 6.07) is 5.38. The summed E-state index contributed by atoms with van der Waals surface area (Å²) >= 11 is 3.30. The fourth-order valence-electron chi connectivity index (χ4n) is 1.09. The van der Waals surface area contributed by atoms with E-state index >= 15 is 0 Å². The lowest BCUT2D eigenvalue weighted by Crippen LogP contribution is -2.26. The molecule has 1 aromatic carbocycles. The highest BCUT2D eigenvalue weighted by Gasteiger charge is 2.27. The molecule has 0 fully saturated rings. The molecule has 3 nitrogen and oxygen atoms in total. The van der Waals surface area contributed by atoms with Crippen LogP contribution in [0.5, 0.6) is 11.5 Å². The Morgan fingerprint density at radius 3 is 2.77 bits per heavy atom. The van der Waals surface area contributed by atoms with Crippen molar-refractivity contribution in [1.82, 2.24) is 0 Å². The lowest BCUT2D eigenvalue weighted by Gasteiger charge is -2.03. The molecule has 1 aromatic rings. The molecular weight excluding hydrogens is 236 g/mol. The maximum Gasteiger partial charge on any atom is 0.300 e. The van der Waals surface area contributed by atoms with E-state index in [1.807, 2.05) is 6.07 Å². The predicted octanol–water partition coefficient (Wildman–Crippen LogP) is 2.14. The van der Waals surface area contributed by atoms with E-state index in [-0.39, 0.29) is 5.78 Å². The average Bonchev–Trinajstić information content (AvgIpc) is 2.46. The van der Waals surface area contributed by atoms with Crippen LogP contribution >= 0.6 is 15.9 Å². The summed E-state index contributed by atoms with van der Waals surface area (Å²) in [7, 11) is 0. The lowest BCUT2D eigenvalue weighted by molar-refractivity contribution is -0.132. The Bertz CT molecular complexity index is 362. The first kappa shape index (κ1) is 8.56. The van der Waals surface area contributed by atoms with Crippen LogP contribution in [0.15, 0.2) is 22.7 Å². The van der Waals surface area contributed by atoms with Gasteiger partial charge < -0.3 is 9.47 Å². The molecular formula is C9H7BrO3. The van der Waals surface area contributed by atoms with Gasteiger partial charge in [0.05, 0.1) is 0 Å². The number of halogens is 1. The van der Waals surface area contributed by atoms with Crippen LogP contribution in [-0.4, -0.2) is 12.1 Å². The Hall–Kier alpha value is -1.03. The summed E-state index contributed by atoms with van der Waals surface area (Å²) in [5.41, 5.74) is 0. The second-order valence-corrected chi connectivity index (χ2v) is 3.69. The maximum absolute atomic E-state index is 10.9. The minimum absolute atomic E-state index is 0.132. The van der Waals surface area contributed by atoms with Crippen LogP contribution in [0.25, 0.3) is 0 Å². The molecule has 0 saturated carbocycles. The number of rotatable bonds is 1. The summed E-state index contributed by atoms with van der Waals surface area (Å²) in [4.78, 5) is 10.9. The van der Waals surface area contributed by atoms with E-state index in [9.17, 15) is 4.79 Å². The summed E-state index contributed by atoms with van der Waals surface area (Å²) < 4.78 is 11.4. The van der Waals surface area contributed by atoms with Gasteiger partial charge in [-0.05, 0) is 18.2 Å². The molecule has 1 atom stereocenters. The topological polar surface area (TPSA) is 35.5 Å². The van der Waals surface area contributed by atoms with Crippen molar-refractivity contribution >= 4 is 21.7 Å². The van der Waals surface area contributed by atoms with E-state index in [0.717, 1.165) is 4.47 Å². The van der Waals surface area contributed by atoms with E-state index < -0.39 is 6.29 Å². The molecule has 0 aliphatic carbocycles. The van der Waals surface area contributed by atoms with E-state index in [0.29, 0.717) is 11.5 Å². The van der Waals surface area contributed by atoms with Crippen molar-refractivity contribution in [3.05, 3.63) is 22.7 Å². The number of benzene rings is 1. The first-order chi connectivity index (χ1) is 6.16. The molecule has 1 unspecified atom stereocenters. The maximum atomic E-state index is 10.9. The molecule has 1 aliphatic heterocycles. The van der Waals surface area contributed by atoms with Crippen LogP contribution in [0.3, 0.4) is 0 Å². The molecule has 0 amide bonds. The summed E-state index contributed by atoms with van der Waals surface area (Å²) in [6.07, 6.45) is -0.774. The number of fused-ring (bicyclic) bond motifs is 1. The third-order valence-corrected chi connectivity index (χ3v) is 2.20. The smallest absolute Gasteiger partial charge is 0.300 e. The van der Waals surface area contributed by atoms with Crippen molar-refractivity contribution in [2.75, 3.05) is 0 Å². The van der Waals surface area contributed by atoms with Gasteiger partial charge in [-0.1, -0.05) is 15.9 Å². The first-order valence-corrected chi connectivity index (χ1v) is 4.59. The molecule has 0 radical (unpaired) electrons. The molecule has 1 aliphatic rings. The van der Waals surface area contributed by atoms with Gasteiger partial charge in [0.2, 0.25) is 5.78 Å². The summed E-state index contributed by atoms with van der Waals surface area (Å²) in [5, 5.41) is 0. The highest BCUT2D eigenvalue weighted by Crippen LogP contribution is 2.36. The quantitative estimate of drug-likeness (QED) is 0.757. The van der Waals surface area contributed by atoms with Crippen molar-refractivity contribution in [1.29, 1.82) is 0 Å². The van der Waals surface area contributed by atoms with Gasteiger partial charge in [0.15, 0.2) is 11.5 Å². The minimum atomic E-state index is -0.774. The zero-order valence-corrected chi connectivity index (χ0v) is 8.50. The number of Topliss-reactive ketones (excluding diaryl/α,β-unsaturated/α-hetero) is 1. The van der Waals surface area contributed by atoms with E-state index in [2.05, 4.69) is 15.9 Å². The van der Waals surface area contributed by atoms with Crippen LogP contribution in [0, 0.1) is 0 Å². The highest BCUT2D eigenvalue weighted by atomic mass is 79.9. The van der Waals surface area contributed by atoms with Crippen LogP contribution in [-0.2, 0) is 4.79 Å². The predicted molar refractivity (Wildman–Crippen MR) is 49.9 cm³/mol. The third-order valence-electron chi connectivity index (χ3n) is 1.71. The summed E-state index contributed by atoms with van der Waals surface area (Å²) in [5.74, 6) is 1.09. The number of ketones is 1. The molecule has 68 valence electrons. The van der Waals surface area contributed by atoms with Crippen molar-refractivity contribution < 1.29 is 14.3 Å². The fraction of sp³-hybridized carbons (Fsp3) is 0.222. The number of hydrogen-bond acceptors (Lipinski definition) is 3. The second-order valence-electron chi connectivity index (χ2n) is 2.77. The second kappa shape index (κ2) is 3.03. The van der Waals surface area contributed by atoms with Crippen LogP contribution < -0.4 is 9.47 Å². The number of carbonyl (C=O) groups excluding carboxylic acids is 1. The number of hydrogen-bond donors (Lipinski definition) is 0. The SMILES string of the molecule is CC(=O)C1Oc2ccc(Br)cc2O1. The molecule has 2 rings (SSSR count). The Balaban J connectivity index is 2.30. The van der Waals surface area contributed by atoms with Crippen molar-refractivity contribution in [3.63, 3.8) is 0 Å². The van der Waals surface area contributed by atoms with Crippen molar-refractivity contribution in [2.24, 2.45) is 0 Å². The molecule has 0 spiro atoms. The van der Waals surface area contributed by atoms with Crippen LogP contribution in [0.1, 0.15) is 6.92 Å². The van der Waals surface area contributed by atoms with Gasteiger partial charge in [-0.15, -0.1) is 0 Å². The zero-order valence-electron chi connectivity index (χ0n) is 6.91. The Morgan fingerprint density at radius 2 is 2.08 bits per heavy atom. The first-order valence-electron chi connectivity index (χ1n) is 3.80. The van der Waals surface area contributed by atoms with Gasteiger partial charge >= 0.3 is 6.29 Å². The van der Waals surface area contributed by atoms with Gasteiger partial charge in [-0.25, -0.2) is 0 Å². The van der Waals surface area contributed by atoms with E-state index in [1.54, 1.807) is 12.1 Å². The van der Waals surface area contributed by atoms with Gasteiger partial charge in [-0.2, -0.15) is 0 Å². The fourth-order valence-corrected chi connectivity index (χ4v) is 1.43. The lowest BCUT2D eigenvalue weighted by atomic mass is 10.3. The number of ether oxygens (including phenoxy) is 2. The monoisotopic (exact) mass is 242 g/mol. The largest absolute Gasteiger partial charge is 0.444 e. The summed E-state index contributed by atoms with van der Waals surface area (Å²) in [6.45, 7) is 1.44. The minimum Gasteiger partial charge on any atom is -0.444 e. The van der Waals surface area contributed by atoms with Gasteiger partial charge in [0.1, 0.15) is 0 Å². The molecule has 0 N–H and O–H groups in total. The van der Waals surface area contributed by atoms with Crippen molar-refractivity contribution in [2.45, 2.75) is 13.2 Å². The molecule has 13 heavy (non-hydrogen) atoms. The Kier molecular flexibility index (Phi) is 2.00. The van der Waals surface area contributed by atoms with Crippen molar-refractivity contribution in [3.8, 4) is 11.5 Å². The van der Waals surface area contributed by atoms with Crippen LogP contribution in [0.4, 0.5) is 0 Å². The van der Waals surface area contributed by atoms with E-state index in [1.165, 1.54) is 6.92 Å². The number of carbonyl (C=O) groups is 1. The molecule has 0 aromatic heterocycles. The molecule has 0 saturated heterocycles. The zero-order chi connectivity index (χ0) is 9.42. The van der Waals surface area contributed by atoms with Gasteiger partial charge in [-0.3, -0.25) is 4.79 Å². The van der Waals surface area contributed by atoms with Crippen LogP contribution in [0.2, 0.25) is 0 Å².